The van der Waals surface area contributed by atoms with Gasteiger partial charge in [0, 0.05) is 13.1 Å². The Labute approximate surface area is 103 Å². The van der Waals surface area contributed by atoms with Crippen LogP contribution in [0.5, 0.6) is 0 Å². The highest BCUT2D eigenvalue weighted by atomic mass is 19.1. The lowest BCUT2D eigenvalue weighted by Crippen LogP contribution is -2.31. The zero-order valence-electron chi connectivity index (χ0n) is 10.7. The van der Waals surface area contributed by atoms with Crippen molar-refractivity contribution >= 4 is 0 Å². The Bertz CT molecular complexity index is 405. The number of hydrogen-bond donors (Lipinski definition) is 1. The first-order valence-electron chi connectivity index (χ1n) is 6.20. The largest absolute Gasteiger partial charge is 0.330 e. The van der Waals surface area contributed by atoms with Gasteiger partial charge < -0.3 is 5.73 Å². The summed E-state index contributed by atoms with van der Waals surface area (Å²) in [5, 5.41) is 0. The molecule has 1 saturated heterocycles. The molecule has 2 N–H and O–H groups in total. The Morgan fingerprint density at radius 3 is 2.88 bits per heavy atom. The molecule has 3 heteroatoms. The van der Waals surface area contributed by atoms with E-state index in [1.807, 2.05) is 13.0 Å². The van der Waals surface area contributed by atoms with Gasteiger partial charge in [0.25, 0.3) is 0 Å². The summed E-state index contributed by atoms with van der Waals surface area (Å²) in [5.41, 5.74) is 8.28. The second-order valence-electron chi connectivity index (χ2n) is 5.55. The molecular weight excluding hydrogens is 215 g/mol. The van der Waals surface area contributed by atoms with Crippen LogP contribution < -0.4 is 5.73 Å². The van der Waals surface area contributed by atoms with Gasteiger partial charge in [-0.05, 0) is 55.1 Å². The molecule has 0 aromatic heterocycles. The van der Waals surface area contributed by atoms with E-state index in [9.17, 15) is 4.39 Å². The molecule has 1 unspecified atom stereocenters. The topological polar surface area (TPSA) is 29.3 Å². The molecule has 1 atom stereocenters. The van der Waals surface area contributed by atoms with Crippen molar-refractivity contribution in [2.75, 3.05) is 19.6 Å². The smallest absolute Gasteiger partial charge is 0.123 e. The van der Waals surface area contributed by atoms with Crippen LogP contribution in [0.3, 0.4) is 0 Å². The first-order chi connectivity index (χ1) is 8.02. The molecule has 94 valence electrons. The molecule has 0 amide bonds. The molecule has 1 fully saturated rings. The van der Waals surface area contributed by atoms with E-state index < -0.39 is 0 Å². The zero-order chi connectivity index (χ0) is 12.5. The van der Waals surface area contributed by atoms with Crippen molar-refractivity contribution in [3.8, 4) is 0 Å². The van der Waals surface area contributed by atoms with E-state index in [-0.39, 0.29) is 11.2 Å². The third-order valence-corrected chi connectivity index (χ3v) is 3.83. The highest BCUT2D eigenvalue weighted by Gasteiger charge is 2.32. The molecule has 0 saturated carbocycles. The predicted octanol–water partition coefficient (Wildman–Crippen LogP) is 2.30. The third kappa shape index (κ3) is 2.85. The molecule has 0 bridgehead atoms. The van der Waals surface area contributed by atoms with Gasteiger partial charge in [-0.1, -0.05) is 13.0 Å². The van der Waals surface area contributed by atoms with Gasteiger partial charge in [-0.3, -0.25) is 4.90 Å². The third-order valence-electron chi connectivity index (χ3n) is 3.83. The summed E-state index contributed by atoms with van der Waals surface area (Å²) in [6, 6.07) is 5.02. The van der Waals surface area contributed by atoms with Gasteiger partial charge >= 0.3 is 0 Å². The standard InChI is InChI=1S/C14H21FN2/c1-11-3-4-13(15)7-12(11)8-17-6-5-14(2,9-16)10-17/h3-4,7H,5-6,8-10,16H2,1-2H3. The fourth-order valence-corrected chi connectivity index (χ4v) is 2.48. The van der Waals surface area contributed by atoms with Crippen LogP contribution in [-0.4, -0.2) is 24.5 Å². The molecule has 2 nitrogen and oxygen atoms in total. The monoisotopic (exact) mass is 236 g/mol. The quantitative estimate of drug-likeness (QED) is 0.872. The first-order valence-corrected chi connectivity index (χ1v) is 6.20. The summed E-state index contributed by atoms with van der Waals surface area (Å²) < 4.78 is 13.2. The zero-order valence-corrected chi connectivity index (χ0v) is 10.7. The van der Waals surface area contributed by atoms with Crippen molar-refractivity contribution in [2.45, 2.75) is 26.8 Å². The van der Waals surface area contributed by atoms with Crippen LogP contribution in [0.1, 0.15) is 24.5 Å². The second-order valence-corrected chi connectivity index (χ2v) is 5.55. The second kappa shape index (κ2) is 4.75. The summed E-state index contributed by atoms with van der Waals surface area (Å²) >= 11 is 0. The first kappa shape index (κ1) is 12.5. The minimum atomic E-state index is -0.147. The highest BCUT2D eigenvalue weighted by Crippen LogP contribution is 2.29. The highest BCUT2D eigenvalue weighted by molar-refractivity contribution is 5.26. The van der Waals surface area contributed by atoms with Crippen LogP contribution in [0.15, 0.2) is 18.2 Å². The number of nitrogens with zero attached hydrogens (tertiary/aromatic N) is 1. The Balaban J connectivity index is 2.05. The van der Waals surface area contributed by atoms with Crippen LogP contribution in [-0.2, 0) is 6.54 Å². The summed E-state index contributed by atoms with van der Waals surface area (Å²) in [5.74, 6) is -0.147. The molecule has 2 rings (SSSR count). The molecule has 1 aliphatic heterocycles. The Kier molecular flexibility index (Phi) is 3.50. The van der Waals surface area contributed by atoms with E-state index in [0.29, 0.717) is 0 Å². The van der Waals surface area contributed by atoms with Crippen molar-refractivity contribution in [2.24, 2.45) is 11.1 Å². The molecule has 0 radical (unpaired) electrons. The Hall–Kier alpha value is -0.930. The van der Waals surface area contributed by atoms with Gasteiger partial charge in [0.2, 0.25) is 0 Å². The van der Waals surface area contributed by atoms with Crippen LogP contribution in [0.4, 0.5) is 4.39 Å². The summed E-state index contributed by atoms with van der Waals surface area (Å²) in [6.07, 6.45) is 1.14. The fraction of sp³-hybridized carbons (Fsp3) is 0.571. The van der Waals surface area contributed by atoms with Gasteiger partial charge in [-0.15, -0.1) is 0 Å². The van der Waals surface area contributed by atoms with E-state index in [4.69, 9.17) is 5.73 Å². The minimum Gasteiger partial charge on any atom is -0.330 e. The van der Waals surface area contributed by atoms with Crippen LogP contribution in [0, 0.1) is 18.2 Å². The van der Waals surface area contributed by atoms with Gasteiger partial charge in [0.15, 0.2) is 0 Å². The maximum absolute atomic E-state index is 13.2. The molecule has 1 aromatic rings. The van der Waals surface area contributed by atoms with Crippen LogP contribution in [0.2, 0.25) is 0 Å². The SMILES string of the molecule is Cc1ccc(F)cc1CN1CCC(C)(CN)C1. The van der Waals surface area contributed by atoms with Gasteiger partial charge in [-0.2, -0.15) is 0 Å². The number of halogens is 1. The van der Waals surface area contributed by atoms with Crippen LogP contribution in [0.25, 0.3) is 0 Å². The summed E-state index contributed by atoms with van der Waals surface area (Å²) in [4.78, 5) is 2.37. The van der Waals surface area contributed by atoms with Crippen molar-refractivity contribution in [1.82, 2.24) is 4.90 Å². The van der Waals surface area contributed by atoms with Gasteiger partial charge in [0.1, 0.15) is 5.82 Å². The molecular formula is C14H21FN2. The molecule has 1 heterocycles. The maximum atomic E-state index is 13.2. The average Bonchev–Trinajstić information content (AvgIpc) is 2.67. The van der Waals surface area contributed by atoms with Crippen molar-refractivity contribution in [1.29, 1.82) is 0 Å². The fourth-order valence-electron chi connectivity index (χ4n) is 2.48. The predicted molar refractivity (Wildman–Crippen MR) is 68.2 cm³/mol. The molecule has 1 aromatic carbocycles. The molecule has 0 spiro atoms. The van der Waals surface area contributed by atoms with Gasteiger partial charge in [-0.25, -0.2) is 4.39 Å². The Morgan fingerprint density at radius 1 is 1.47 bits per heavy atom. The average molecular weight is 236 g/mol. The molecule has 0 aliphatic carbocycles. The Morgan fingerprint density at radius 2 is 2.24 bits per heavy atom. The molecule has 17 heavy (non-hydrogen) atoms. The van der Waals surface area contributed by atoms with E-state index in [2.05, 4.69) is 11.8 Å². The molecule has 1 aliphatic rings. The minimum absolute atomic E-state index is 0.147. The number of aryl methyl sites for hydroxylation is 1. The number of nitrogens with two attached hydrogens (primary N) is 1. The van der Waals surface area contributed by atoms with Crippen molar-refractivity contribution < 1.29 is 4.39 Å². The lowest BCUT2D eigenvalue weighted by atomic mass is 9.90. The summed E-state index contributed by atoms with van der Waals surface area (Å²) in [6.45, 7) is 7.90. The van der Waals surface area contributed by atoms with E-state index >= 15 is 0 Å². The number of rotatable bonds is 3. The number of benzene rings is 1. The number of likely N-dealkylation sites (tertiary alicyclic amines) is 1. The lowest BCUT2D eigenvalue weighted by Gasteiger charge is -2.23. The van der Waals surface area contributed by atoms with E-state index in [0.717, 1.165) is 43.7 Å². The number of hydrogen-bond acceptors (Lipinski definition) is 2. The maximum Gasteiger partial charge on any atom is 0.123 e. The van der Waals surface area contributed by atoms with Crippen LogP contribution >= 0.6 is 0 Å². The lowest BCUT2D eigenvalue weighted by molar-refractivity contribution is 0.274. The van der Waals surface area contributed by atoms with Crippen molar-refractivity contribution in [3.63, 3.8) is 0 Å². The van der Waals surface area contributed by atoms with Gasteiger partial charge in [0.05, 0.1) is 0 Å². The van der Waals surface area contributed by atoms with E-state index in [1.165, 1.54) is 6.07 Å². The van der Waals surface area contributed by atoms with E-state index in [1.54, 1.807) is 6.07 Å². The normalized spacial score (nSPS) is 25.4. The summed E-state index contributed by atoms with van der Waals surface area (Å²) in [7, 11) is 0. The van der Waals surface area contributed by atoms with Crippen molar-refractivity contribution in [3.05, 3.63) is 35.1 Å².